The SMILES string of the molecule is c1csc(CN2CCN3CCCC3C2)c1. The summed E-state index contributed by atoms with van der Waals surface area (Å²) in [4.78, 5) is 6.81. The fraction of sp³-hybridized carbons (Fsp3) is 0.667. The van der Waals surface area contributed by atoms with Crippen LogP contribution in [-0.4, -0.2) is 42.0 Å². The molecule has 0 aliphatic carbocycles. The molecular weight excluding hydrogens is 204 g/mol. The molecule has 2 saturated heterocycles. The second-order valence-electron chi connectivity index (χ2n) is 4.65. The zero-order chi connectivity index (χ0) is 10.1. The van der Waals surface area contributed by atoms with Gasteiger partial charge < -0.3 is 0 Å². The lowest BCUT2D eigenvalue weighted by Gasteiger charge is -2.37. The van der Waals surface area contributed by atoms with E-state index >= 15 is 0 Å². The normalized spacial score (nSPS) is 28.1. The van der Waals surface area contributed by atoms with E-state index in [1.165, 1.54) is 50.4 Å². The highest BCUT2D eigenvalue weighted by Crippen LogP contribution is 2.23. The monoisotopic (exact) mass is 222 g/mol. The lowest BCUT2D eigenvalue weighted by Crippen LogP contribution is -2.49. The molecule has 0 aromatic carbocycles. The molecule has 1 atom stereocenters. The molecule has 0 spiro atoms. The van der Waals surface area contributed by atoms with Crippen molar-refractivity contribution in [1.29, 1.82) is 0 Å². The zero-order valence-corrected chi connectivity index (χ0v) is 9.88. The van der Waals surface area contributed by atoms with Crippen LogP contribution in [0.4, 0.5) is 0 Å². The summed E-state index contributed by atoms with van der Waals surface area (Å²) in [7, 11) is 0. The average molecular weight is 222 g/mol. The second-order valence-corrected chi connectivity index (χ2v) is 5.68. The van der Waals surface area contributed by atoms with Crippen molar-refractivity contribution in [3.05, 3.63) is 22.4 Å². The van der Waals surface area contributed by atoms with Crippen molar-refractivity contribution in [1.82, 2.24) is 9.80 Å². The van der Waals surface area contributed by atoms with Crippen LogP contribution in [-0.2, 0) is 6.54 Å². The molecule has 3 rings (SSSR count). The van der Waals surface area contributed by atoms with E-state index in [1.807, 2.05) is 11.3 Å². The summed E-state index contributed by atoms with van der Waals surface area (Å²) in [5.41, 5.74) is 0. The van der Waals surface area contributed by atoms with Gasteiger partial charge in [0.05, 0.1) is 0 Å². The molecule has 3 heterocycles. The first kappa shape index (κ1) is 9.82. The van der Waals surface area contributed by atoms with Crippen molar-refractivity contribution >= 4 is 11.3 Å². The predicted octanol–water partition coefficient (Wildman–Crippen LogP) is 2.03. The first-order chi connectivity index (χ1) is 7.42. The number of hydrogen-bond acceptors (Lipinski definition) is 3. The van der Waals surface area contributed by atoms with Gasteiger partial charge in [0.15, 0.2) is 0 Å². The molecule has 0 saturated carbocycles. The summed E-state index contributed by atoms with van der Waals surface area (Å²) in [5, 5.41) is 2.18. The maximum Gasteiger partial charge on any atom is 0.0329 e. The van der Waals surface area contributed by atoms with E-state index in [2.05, 4.69) is 27.3 Å². The van der Waals surface area contributed by atoms with Crippen LogP contribution in [0.1, 0.15) is 17.7 Å². The van der Waals surface area contributed by atoms with E-state index in [0.717, 1.165) is 6.04 Å². The number of fused-ring (bicyclic) bond motifs is 1. The predicted molar refractivity (Wildman–Crippen MR) is 64.2 cm³/mol. The number of nitrogens with zero attached hydrogens (tertiary/aromatic N) is 2. The third-order valence-corrected chi connectivity index (χ3v) is 4.49. The standard InChI is InChI=1S/C12H18N2S/c1-3-11-9-13(6-7-14(11)5-1)10-12-4-2-8-15-12/h2,4,8,11H,1,3,5-7,9-10H2. The summed E-state index contributed by atoms with van der Waals surface area (Å²) >= 11 is 1.89. The third kappa shape index (κ3) is 2.10. The van der Waals surface area contributed by atoms with Crippen LogP contribution >= 0.6 is 11.3 Å². The first-order valence-electron chi connectivity index (χ1n) is 5.90. The maximum atomic E-state index is 2.67. The van der Waals surface area contributed by atoms with Crippen molar-refractivity contribution in [3.8, 4) is 0 Å². The molecular formula is C12H18N2S. The molecule has 0 N–H and O–H groups in total. The third-order valence-electron chi connectivity index (χ3n) is 3.63. The smallest absolute Gasteiger partial charge is 0.0329 e. The number of rotatable bonds is 2. The molecule has 1 aromatic rings. The van der Waals surface area contributed by atoms with Gasteiger partial charge in [0.1, 0.15) is 0 Å². The van der Waals surface area contributed by atoms with Crippen molar-refractivity contribution in [3.63, 3.8) is 0 Å². The van der Waals surface area contributed by atoms with Gasteiger partial charge in [-0.1, -0.05) is 6.07 Å². The second kappa shape index (κ2) is 4.24. The molecule has 82 valence electrons. The molecule has 2 fully saturated rings. The van der Waals surface area contributed by atoms with E-state index in [1.54, 1.807) is 0 Å². The Labute approximate surface area is 95.5 Å². The highest BCUT2D eigenvalue weighted by molar-refractivity contribution is 7.09. The number of thiophene rings is 1. The topological polar surface area (TPSA) is 6.48 Å². The van der Waals surface area contributed by atoms with E-state index in [4.69, 9.17) is 0 Å². The van der Waals surface area contributed by atoms with E-state index < -0.39 is 0 Å². The maximum absolute atomic E-state index is 2.67. The van der Waals surface area contributed by atoms with Crippen LogP contribution in [0.3, 0.4) is 0 Å². The molecule has 3 heteroatoms. The Morgan fingerprint density at radius 2 is 2.33 bits per heavy atom. The van der Waals surface area contributed by atoms with Gasteiger partial charge in [0.2, 0.25) is 0 Å². The Morgan fingerprint density at radius 1 is 1.33 bits per heavy atom. The van der Waals surface area contributed by atoms with E-state index in [-0.39, 0.29) is 0 Å². The van der Waals surface area contributed by atoms with Crippen molar-refractivity contribution < 1.29 is 0 Å². The first-order valence-corrected chi connectivity index (χ1v) is 6.78. The van der Waals surface area contributed by atoms with Gasteiger partial charge in [-0.15, -0.1) is 11.3 Å². The highest BCUT2D eigenvalue weighted by Gasteiger charge is 2.30. The Hall–Kier alpha value is -0.380. The lowest BCUT2D eigenvalue weighted by atomic mass is 10.1. The fourth-order valence-corrected chi connectivity index (χ4v) is 3.57. The molecule has 0 radical (unpaired) electrons. The van der Waals surface area contributed by atoms with Crippen molar-refractivity contribution in [2.24, 2.45) is 0 Å². The minimum atomic E-state index is 0.860. The molecule has 15 heavy (non-hydrogen) atoms. The molecule has 2 nitrogen and oxygen atoms in total. The van der Waals surface area contributed by atoms with Crippen molar-refractivity contribution in [2.75, 3.05) is 26.2 Å². The Morgan fingerprint density at radius 3 is 3.20 bits per heavy atom. The van der Waals surface area contributed by atoms with Gasteiger partial charge in [-0.25, -0.2) is 0 Å². The molecule has 1 aromatic heterocycles. The number of piperazine rings is 1. The number of hydrogen-bond donors (Lipinski definition) is 0. The van der Waals surface area contributed by atoms with Gasteiger partial charge in [-0.2, -0.15) is 0 Å². The zero-order valence-electron chi connectivity index (χ0n) is 9.06. The van der Waals surface area contributed by atoms with Crippen LogP contribution in [0.5, 0.6) is 0 Å². The van der Waals surface area contributed by atoms with E-state index in [0.29, 0.717) is 0 Å². The van der Waals surface area contributed by atoms with Crippen LogP contribution in [0.25, 0.3) is 0 Å². The molecule has 2 aliphatic rings. The van der Waals surface area contributed by atoms with Gasteiger partial charge in [0.25, 0.3) is 0 Å². The molecule has 0 amide bonds. The summed E-state index contributed by atoms with van der Waals surface area (Å²) < 4.78 is 0. The summed E-state index contributed by atoms with van der Waals surface area (Å²) in [6.07, 6.45) is 2.83. The minimum Gasteiger partial charge on any atom is -0.298 e. The fourth-order valence-electron chi connectivity index (χ4n) is 2.82. The summed E-state index contributed by atoms with van der Waals surface area (Å²) in [5.74, 6) is 0. The lowest BCUT2D eigenvalue weighted by molar-refractivity contribution is 0.100. The quantitative estimate of drug-likeness (QED) is 0.755. The average Bonchev–Trinajstić information content (AvgIpc) is 2.87. The minimum absolute atomic E-state index is 0.860. The van der Waals surface area contributed by atoms with E-state index in [9.17, 15) is 0 Å². The van der Waals surface area contributed by atoms with Crippen LogP contribution in [0, 0.1) is 0 Å². The van der Waals surface area contributed by atoms with Gasteiger partial charge >= 0.3 is 0 Å². The molecule has 0 bridgehead atoms. The molecule has 2 aliphatic heterocycles. The summed E-state index contributed by atoms with van der Waals surface area (Å²) in [6, 6.07) is 5.27. The molecule has 1 unspecified atom stereocenters. The van der Waals surface area contributed by atoms with Gasteiger partial charge in [-0.3, -0.25) is 9.80 Å². The van der Waals surface area contributed by atoms with Gasteiger partial charge in [-0.05, 0) is 30.8 Å². The Balaban J connectivity index is 1.59. The summed E-state index contributed by atoms with van der Waals surface area (Å²) in [6.45, 7) is 6.35. The Bertz CT molecular complexity index is 309. The largest absolute Gasteiger partial charge is 0.298 e. The van der Waals surface area contributed by atoms with Crippen LogP contribution in [0.15, 0.2) is 17.5 Å². The van der Waals surface area contributed by atoms with Gasteiger partial charge in [0, 0.05) is 37.1 Å². The van der Waals surface area contributed by atoms with Crippen LogP contribution < -0.4 is 0 Å². The van der Waals surface area contributed by atoms with Crippen LogP contribution in [0.2, 0.25) is 0 Å². The van der Waals surface area contributed by atoms with Crippen molar-refractivity contribution in [2.45, 2.75) is 25.4 Å². The highest BCUT2D eigenvalue weighted by atomic mass is 32.1. The Kier molecular flexibility index (Phi) is 2.77.